The number of nitrogens with zero attached hydrogens (tertiary/aromatic N) is 6. The molecule has 1 fully saturated rings. The van der Waals surface area contributed by atoms with Crippen LogP contribution in [0.25, 0.3) is 0 Å². The van der Waals surface area contributed by atoms with Crippen LogP contribution < -0.4 is 5.32 Å². The molecule has 4 rings (SSSR count). The van der Waals surface area contributed by atoms with Gasteiger partial charge < -0.3 is 20.7 Å². The molecule has 33 heavy (non-hydrogen) atoms. The fraction of sp³-hybridized carbons (Fsp3) is 0.278. The molecule has 1 aromatic heterocycles. The van der Waals surface area contributed by atoms with E-state index in [1.165, 1.54) is 52.5 Å². The molecule has 1 unspecified atom stereocenters. The van der Waals surface area contributed by atoms with Gasteiger partial charge >= 0.3 is 5.97 Å². The molecule has 3 heterocycles. The number of fused-ring (bicyclic) bond motifs is 1. The maximum Gasteiger partial charge on any atom is 0.352 e. The number of phenolic OH excluding ortho intramolecular Hbond substituents is 1. The molecular formula is C18H17N7O6S2. The Morgan fingerprint density at radius 2 is 2.18 bits per heavy atom. The van der Waals surface area contributed by atoms with E-state index in [0.717, 1.165) is 4.90 Å². The number of carboxylic acid groups (broad SMARTS) is 1. The molecule has 4 N–H and O–H groups in total. The molecular weight excluding hydrogens is 474 g/mol. The van der Waals surface area contributed by atoms with Crippen molar-refractivity contribution < 1.29 is 29.8 Å². The standard InChI is InChI=1S/C18H17N7O6S2/c1-24-18(20-22-23-24)33-7-9-6-32-16-12(15(28)25(16)13(9)17(29)30)19-14(27)11(21-31)8-3-2-4-10(26)5-8/h2-5,12,16,26,31H,6-7H2,1H3,(H,19,27)(H,29,30)/t12?,16-/m0/s1. The van der Waals surface area contributed by atoms with E-state index in [1.54, 1.807) is 7.05 Å². The number of hydrogen-bond acceptors (Lipinski definition) is 11. The van der Waals surface area contributed by atoms with Gasteiger partial charge in [0.25, 0.3) is 11.8 Å². The summed E-state index contributed by atoms with van der Waals surface area (Å²) in [5.41, 5.74) is 0.174. The van der Waals surface area contributed by atoms with Crippen molar-refractivity contribution in [3.05, 3.63) is 41.1 Å². The predicted octanol–water partition coefficient (Wildman–Crippen LogP) is -0.375. The van der Waals surface area contributed by atoms with Gasteiger partial charge in [0.1, 0.15) is 22.9 Å². The number of aliphatic carboxylic acids is 1. The van der Waals surface area contributed by atoms with Crippen molar-refractivity contribution in [2.75, 3.05) is 11.5 Å². The Bertz CT molecular complexity index is 1200. The van der Waals surface area contributed by atoms with Crippen LogP contribution in [0.15, 0.2) is 45.8 Å². The van der Waals surface area contributed by atoms with E-state index < -0.39 is 29.2 Å². The summed E-state index contributed by atoms with van der Waals surface area (Å²) in [6.07, 6.45) is 0. The van der Waals surface area contributed by atoms with Crippen LogP contribution in [0, 0.1) is 0 Å². The smallest absolute Gasteiger partial charge is 0.352 e. The van der Waals surface area contributed by atoms with Crippen LogP contribution in [0.1, 0.15) is 5.56 Å². The minimum atomic E-state index is -1.25. The second kappa shape index (κ2) is 9.11. The highest BCUT2D eigenvalue weighted by molar-refractivity contribution is 8.01. The van der Waals surface area contributed by atoms with Gasteiger partial charge in [0.15, 0.2) is 5.71 Å². The van der Waals surface area contributed by atoms with E-state index in [2.05, 4.69) is 26.0 Å². The van der Waals surface area contributed by atoms with Gasteiger partial charge in [0, 0.05) is 24.1 Å². The van der Waals surface area contributed by atoms with Crippen LogP contribution in [0.4, 0.5) is 0 Å². The second-order valence-electron chi connectivity index (χ2n) is 6.99. The largest absolute Gasteiger partial charge is 0.508 e. The summed E-state index contributed by atoms with van der Waals surface area (Å²) in [5, 5.41) is 45.1. The van der Waals surface area contributed by atoms with E-state index in [1.807, 2.05) is 0 Å². The zero-order chi connectivity index (χ0) is 23.7. The number of β-lactam (4-membered cyclic amide) rings is 1. The molecule has 0 bridgehead atoms. The number of nitrogens with one attached hydrogen (secondary N) is 1. The Kier molecular flexibility index (Phi) is 6.24. The van der Waals surface area contributed by atoms with Gasteiger partial charge in [-0.15, -0.1) is 16.9 Å². The lowest BCUT2D eigenvalue weighted by Crippen LogP contribution is -2.71. The van der Waals surface area contributed by atoms with Gasteiger partial charge in [-0.25, -0.2) is 9.48 Å². The highest BCUT2D eigenvalue weighted by atomic mass is 32.2. The quantitative estimate of drug-likeness (QED) is 0.130. The molecule has 1 saturated heterocycles. The van der Waals surface area contributed by atoms with Gasteiger partial charge in [0.2, 0.25) is 5.16 Å². The summed E-state index contributed by atoms with van der Waals surface area (Å²) in [7, 11) is 1.66. The van der Waals surface area contributed by atoms with Gasteiger partial charge in [-0.2, -0.15) is 0 Å². The van der Waals surface area contributed by atoms with E-state index in [9.17, 15) is 29.8 Å². The molecule has 2 aromatic rings. The second-order valence-corrected chi connectivity index (χ2v) is 9.04. The van der Waals surface area contributed by atoms with Gasteiger partial charge in [-0.3, -0.25) is 14.5 Å². The number of aromatic nitrogens is 4. The maximum absolute atomic E-state index is 12.8. The van der Waals surface area contributed by atoms with Crippen LogP contribution in [0.3, 0.4) is 0 Å². The normalized spacial score (nSPS) is 20.3. The molecule has 13 nitrogen and oxygen atoms in total. The number of oxime groups is 1. The highest BCUT2D eigenvalue weighted by Crippen LogP contribution is 2.41. The Labute approximate surface area is 194 Å². The monoisotopic (exact) mass is 491 g/mol. The fourth-order valence-electron chi connectivity index (χ4n) is 3.39. The number of aryl methyl sites for hydroxylation is 1. The molecule has 172 valence electrons. The number of rotatable bonds is 7. The number of thioether (sulfide) groups is 2. The molecule has 0 radical (unpaired) electrons. The minimum absolute atomic E-state index is 0.124. The maximum atomic E-state index is 12.8. The molecule has 1 aromatic carbocycles. The number of aromatic hydroxyl groups is 1. The Balaban J connectivity index is 1.49. The van der Waals surface area contributed by atoms with Gasteiger partial charge in [-0.05, 0) is 28.1 Å². The molecule has 2 atom stereocenters. The Morgan fingerprint density at radius 3 is 2.82 bits per heavy atom. The average Bonchev–Trinajstić information content (AvgIpc) is 3.20. The molecule has 0 spiro atoms. The van der Waals surface area contributed by atoms with Gasteiger partial charge in [0.05, 0.1) is 0 Å². The van der Waals surface area contributed by atoms with E-state index in [4.69, 9.17) is 0 Å². The molecule has 15 heteroatoms. The van der Waals surface area contributed by atoms with Crippen LogP contribution in [0.5, 0.6) is 5.75 Å². The van der Waals surface area contributed by atoms with Crippen molar-refractivity contribution in [1.29, 1.82) is 0 Å². The van der Waals surface area contributed by atoms with E-state index in [-0.39, 0.29) is 28.5 Å². The highest BCUT2D eigenvalue weighted by Gasteiger charge is 2.54. The van der Waals surface area contributed by atoms with Crippen molar-refractivity contribution in [1.82, 2.24) is 30.4 Å². The summed E-state index contributed by atoms with van der Waals surface area (Å²) in [5.74, 6) is -2.20. The first-order valence-corrected chi connectivity index (χ1v) is 11.4. The summed E-state index contributed by atoms with van der Waals surface area (Å²) in [4.78, 5) is 38.5. The minimum Gasteiger partial charge on any atom is -0.508 e. The number of amides is 2. The Morgan fingerprint density at radius 1 is 1.39 bits per heavy atom. The topological polar surface area (TPSA) is 183 Å². The SMILES string of the molecule is Cn1nnnc1SCC1=C(C(=O)O)N2C(=O)C(NC(=O)C(=NO)c3cccc(O)c3)[C@@H]2SC1. The molecule has 2 amide bonds. The predicted molar refractivity (Wildman–Crippen MR) is 116 cm³/mol. The lowest BCUT2D eigenvalue weighted by Gasteiger charge is -2.49. The zero-order valence-electron chi connectivity index (χ0n) is 16.9. The zero-order valence-corrected chi connectivity index (χ0v) is 18.6. The number of phenols is 1. The number of benzene rings is 1. The molecule has 2 aliphatic heterocycles. The van der Waals surface area contributed by atoms with Crippen LogP contribution >= 0.6 is 23.5 Å². The average molecular weight is 492 g/mol. The first-order chi connectivity index (χ1) is 15.8. The molecule has 2 aliphatic rings. The Hall–Kier alpha value is -3.59. The van der Waals surface area contributed by atoms with Crippen LogP contribution in [-0.2, 0) is 21.4 Å². The summed E-state index contributed by atoms with van der Waals surface area (Å²) < 4.78 is 1.46. The summed E-state index contributed by atoms with van der Waals surface area (Å²) >= 11 is 2.56. The summed E-state index contributed by atoms with van der Waals surface area (Å²) in [6, 6.07) is 4.56. The fourth-order valence-corrected chi connectivity index (χ4v) is 5.72. The van der Waals surface area contributed by atoms with Crippen molar-refractivity contribution in [3.63, 3.8) is 0 Å². The number of carboxylic acids is 1. The van der Waals surface area contributed by atoms with E-state index in [0.29, 0.717) is 16.5 Å². The van der Waals surface area contributed by atoms with Crippen molar-refractivity contribution in [2.24, 2.45) is 12.2 Å². The lowest BCUT2D eigenvalue weighted by atomic mass is 10.0. The van der Waals surface area contributed by atoms with Crippen LogP contribution in [0.2, 0.25) is 0 Å². The number of hydrogen-bond donors (Lipinski definition) is 4. The van der Waals surface area contributed by atoms with Crippen molar-refractivity contribution >= 4 is 47.0 Å². The third-order valence-corrected chi connectivity index (χ3v) is 7.36. The molecule has 0 aliphatic carbocycles. The lowest BCUT2D eigenvalue weighted by molar-refractivity contribution is -0.150. The van der Waals surface area contributed by atoms with Gasteiger partial charge in [-0.1, -0.05) is 29.1 Å². The summed E-state index contributed by atoms with van der Waals surface area (Å²) in [6.45, 7) is 0. The number of carbonyl (C=O) groups is 3. The first kappa shape index (κ1) is 22.6. The third-order valence-electron chi connectivity index (χ3n) is 4.93. The van der Waals surface area contributed by atoms with Crippen LogP contribution in [-0.4, -0.2) is 86.9 Å². The van der Waals surface area contributed by atoms with Crippen molar-refractivity contribution in [3.8, 4) is 5.75 Å². The van der Waals surface area contributed by atoms with E-state index >= 15 is 0 Å². The molecule has 0 saturated carbocycles. The first-order valence-electron chi connectivity index (χ1n) is 9.39. The number of tetrazole rings is 1. The number of carbonyl (C=O) groups excluding carboxylic acids is 2. The third kappa shape index (κ3) is 4.23. The van der Waals surface area contributed by atoms with Crippen molar-refractivity contribution in [2.45, 2.75) is 16.6 Å².